The van der Waals surface area contributed by atoms with E-state index in [9.17, 15) is 9.90 Å². The van der Waals surface area contributed by atoms with E-state index in [1.807, 2.05) is 19.1 Å². The lowest BCUT2D eigenvalue weighted by atomic mass is 9.75. The van der Waals surface area contributed by atoms with E-state index in [-0.39, 0.29) is 18.1 Å². The molecule has 2 aromatic heterocycles. The number of carbonyl (C=O) groups excluding carboxylic acids is 1. The number of hydrogen-bond donors (Lipinski definition) is 2. The molecular formula is C16H19N3O2S. The molecule has 3 rings (SSSR count). The van der Waals surface area contributed by atoms with Crippen molar-refractivity contribution in [2.75, 3.05) is 0 Å². The van der Waals surface area contributed by atoms with Crippen LogP contribution in [0.4, 0.5) is 0 Å². The van der Waals surface area contributed by atoms with Gasteiger partial charge in [-0.1, -0.05) is 0 Å². The predicted molar refractivity (Wildman–Crippen MR) is 84.8 cm³/mol. The second-order valence-electron chi connectivity index (χ2n) is 5.79. The van der Waals surface area contributed by atoms with E-state index in [1.165, 1.54) is 11.3 Å². The van der Waals surface area contributed by atoms with Gasteiger partial charge in [0.2, 0.25) is 0 Å². The Morgan fingerprint density at radius 3 is 2.77 bits per heavy atom. The lowest BCUT2D eigenvalue weighted by Gasteiger charge is -2.38. The fourth-order valence-corrected chi connectivity index (χ4v) is 3.53. The third-order valence-electron chi connectivity index (χ3n) is 4.19. The van der Waals surface area contributed by atoms with Gasteiger partial charge >= 0.3 is 0 Å². The zero-order valence-corrected chi connectivity index (χ0v) is 13.2. The van der Waals surface area contributed by atoms with E-state index in [1.54, 1.807) is 17.9 Å². The number of nitrogens with one attached hydrogen (secondary N) is 1. The van der Waals surface area contributed by atoms with Crippen LogP contribution in [0.25, 0.3) is 0 Å². The minimum Gasteiger partial charge on any atom is -0.393 e. The van der Waals surface area contributed by atoms with Gasteiger partial charge in [-0.15, -0.1) is 11.3 Å². The number of hydrogen-bond acceptors (Lipinski definition) is 5. The Balaban J connectivity index is 1.71. The van der Waals surface area contributed by atoms with Crippen LogP contribution >= 0.6 is 11.3 Å². The number of nitrogens with zero attached hydrogens (tertiary/aromatic N) is 2. The summed E-state index contributed by atoms with van der Waals surface area (Å²) in [6.45, 7) is 1.84. The summed E-state index contributed by atoms with van der Waals surface area (Å²) in [7, 11) is 0. The van der Waals surface area contributed by atoms with Crippen LogP contribution in [-0.4, -0.2) is 33.1 Å². The number of aromatic nitrogens is 2. The first-order valence-corrected chi connectivity index (χ1v) is 8.29. The summed E-state index contributed by atoms with van der Waals surface area (Å²) in [4.78, 5) is 21.3. The van der Waals surface area contributed by atoms with Crippen molar-refractivity contribution in [1.29, 1.82) is 0 Å². The average molecular weight is 317 g/mol. The van der Waals surface area contributed by atoms with Gasteiger partial charge < -0.3 is 10.4 Å². The molecule has 0 radical (unpaired) electrons. The summed E-state index contributed by atoms with van der Waals surface area (Å²) in [5.74, 6) is 0.251. The van der Waals surface area contributed by atoms with Gasteiger partial charge in [0, 0.05) is 18.4 Å². The van der Waals surface area contributed by atoms with Crippen LogP contribution in [0.5, 0.6) is 0 Å². The molecule has 1 fully saturated rings. The first kappa shape index (κ1) is 15.1. The smallest absolute Gasteiger partial charge is 0.263 e. The average Bonchev–Trinajstić information content (AvgIpc) is 2.91. The summed E-state index contributed by atoms with van der Waals surface area (Å²) in [6, 6.07) is 3.96. The van der Waals surface area contributed by atoms with Gasteiger partial charge in [0.1, 0.15) is 4.88 Å². The van der Waals surface area contributed by atoms with E-state index in [0.717, 1.165) is 30.5 Å². The van der Waals surface area contributed by atoms with E-state index in [0.29, 0.717) is 10.8 Å². The number of aliphatic hydroxyl groups is 1. The summed E-state index contributed by atoms with van der Waals surface area (Å²) in [5, 5.41) is 12.7. The predicted octanol–water partition coefficient (Wildman–Crippen LogP) is 1.96. The fraction of sp³-hybridized carbons (Fsp3) is 0.438. The highest BCUT2D eigenvalue weighted by Gasteiger charge is 2.35. The molecule has 2 N–H and O–H groups in total. The SMILES string of the molecule is Cc1ncsc1C(=O)N[C@@H](Cc1ccncc1)C1CC(O)C1. The maximum absolute atomic E-state index is 12.4. The molecule has 6 heteroatoms. The van der Waals surface area contributed by atoms with Gasteiger partial charge in [-0.05, 0) is 49.8 Å². The van der Waals surface area contributed by atoms with Crippen LogP contribution in [0.3, 0.4) is 0 Å². The standard InChI is InChI=1S/C16H19N3O2S/c1-10-15(22-9-18-10)16(21)19-14(12-7-13(20)8-12)6-11-2-4-17-5-3-11/h2-5,9,12-14,20H,6-8H2,1H3,(H,19,21)/t12?,13?,14-/m0/s1. The number of carbonyl (C=O) groups is 1. The Labute approximate surface area is 133 Å². The lowest BCUT2D eigenvalue weighted by Crippen LogP contribution is -2.48. The Bertz CT molecular complexity index is 638. The molecule has 0 aromatic carbocycles. The Morgan fingerprint density at radius 1 is 1.45 bits per heavy atom. The van der Waals surface area contributed by atoms with Crippen molar-refractivity contribution in [3.63, 3.8) is 0 Å². The molecular weight excluding hydrogens is 298 g/mol. The Kier molecular flexibility index (Phi) is 4.49. The van der Waals surface area contributed by atoms with Crippen molar-refractivity contribution >= 4 is 17.2 Å². The molecule has 2 aromatic rings. The largest absolute Gasteiger partial charge is 0.393 e. The van der Waals surface area contributed by atoms with Crippen molar-refractivity contribution in [1.82, 2.24) is 15.3 Å². The van der Waals surface area contributed by atoms with Crippen molar-refractivity contribution in [2.24, 2.45) is 5.92 Å². The first-order valence-electron chi connectivity index (χ1n) is 7.41. The van der Waals surface area contributed by atoms with Crippen LogP contribution in [-0.2, 0) is 6.42 Å². The molecule has 0 aliphatic heterocycles. The first-order chi connectivity index (χ1) is 10.6. The van der Waals surface area contributed by atoms with E-state index >= 15 is 0 Å². The fourth-order valence-electron chi connectivity index (χ4n) is 2.82. The number of rotatable bonds is 5. The molecule has 0 bridgehead atoms. The van der Waals surface area contributed by atoms with Crippen LogP contribution < -0.4 is 5.32 Å². The highest BCUT2D eigenvalue weighted by Crippen LogP contribution is 2.32. The summed E-state index contributed by atoms with van der Waals surface area (Å²) in [6.07, 6.45) is 5.54. The van der Waals surface area contributed by atoms with Crippen LogP contribution in [0.15, 0.2) is 30.0 Å². The molecule has 116 valence electrons. The van der Waals surface area contributed by atoms with E-state index < -0.39 is 0 Å². The van der Waals surface area contributed by atoms with Gasteiger partial charge in [-0.3, -0.25) is 9.78 Å². The zero-order chi connectivity index (χ0) is 15.5. The zero-order valence-electron chi connectivity index (χ0n) is 12.4. The maximum atomic E-state index is 12.4. The molecule has 0 unspecified atom stereocenters. The highest BCUT2D eigenvalue weighted by molar-refractivity contribution is 7.11. The van der Waals surface area contributed by atoms with Gasteiger partial charge in [0.05, 0.1) is 17.3 Å². The number of pyridine rings is 1. The van der Waals surface area contributed by atoms with Crippen molar-refractivity contribution in [2.45, 2.75) is 38.3 Å². The Hall–Kier alpha value is -1.79. The molecule has 0 spiro atoms. The van der Waals surface area contributed by atoms with Crippen molar-refractivity contribution in [3.8, 4) is 0 Å². The van der Waals surface area contributed by atoms with E-state index in [4.69, 9.17) is 0 Å². The van der Waals surface area contributed by atoms with Crippen LogP contribution in [0.2, 0.25) is 0 Å². The van der Waals surface area contributed by atoms with Gasteiger partial charge in [-0.2, -0.15) is 0 Å². The molecule has 1 atom stereocenters. The van der Waals surface area contributed by atoms with Crippen LogP contribution in [0.1, 0.15) is 33.8 Å². The van der Waals surface area contributed by atoms with Crippen molar-refractivity contribution < 1.29 is 9.90 Å². The molecule has 0 saturated heterocycles. The number of amides is 1. The summed E-state index contributed by atoms with van der Waals surface area (Å²) >= 11 is 1.36. The topological polar surface area (TPSA) is 75.1 Å². The molecule has 1 saturated carbocycles. The number of aryl methyl sites for hydroxylation is 1. The van der Waals surface area contributed by atoms with Gasteiger partial charge in [0.25, 0.3) is 5.91 Å². The number of thiazole rings is 1. The monoisotopic (exact) mass is 317 g/mol. The summed E-state index contributed by atoms with van der Waals surface area (Å²) in [5.41, 5.74) is 3.59. The quantitative estimate of drug-likeness (QED) is 0.884. The minimum atomic E-state index is -0.230. The Morgan fingerprint density at radius 2 is 2.18 bits per heavy atom. The highest BCUT2D eigenvalue weighted by atomic mass is 32.1. The number of aliphatic hydroxyl groups excluding tert-OH is 1. The normalized spacial score (nSPS) is 21.9. The third-order valence-corrected chi connectivity index (χ3v) is 5.12. The third kappa shape index (κ3) is 3.34. The summed E-state index contributed by atoms with van der Waals surface area (Å²) < 4.78 is 0. The van der Waals surface area contributed by atoms with Gasteiger partial charge in [0.15, 0.2) is 0 Å². The molecule has 1 amide bonds. The van der Waals surface area contributed by atoms with Gasteiger partial charge in [-0.25, -0.2) is 4.98 Å². The molecule has 5 nitrogen and oxygen atoms in total. The van der Waals surface area contributed by atoms with Crippen molar-refractivity contribution in [3.05, 3.63) is 46.2 Å². The second-order valence-corrected chi connectivity index (χ2v) is 6.65. The molecule has 1 aliphatic carbocycles. The maximum Gasteiger partial charge on any atom is 0.263 e. The minimum absolute atomic E-state index is 0.0276. The lowest BCUT2D eigenvalue weighted by molar-refractivity contribution is 0.0239. The second kappa shape index (κ2) is 6.54. The molecule has 22 heavy (non-hydrogen) atoms. The molecule has 2 heterocycles. The van der Waals surface area contributed by atoms with Crippen LogP contribution in [0, 0.1) is 12.8 Å². The molecule has 1 aliphatic rings. The van der Waals surface area contributed by atoms with E-state index in [2.05, 4.69) is 15.3 Å².